The zero-order valence-corrected chi connectivity index (χ0v) is 23.9. The number of nitrogens with one attached hydrogen (secondary N) is 2. The molecule has 1 saturated heterocycles. The summed E-state index contributed by atoms with van der Waals surface area (Å²) in [5, 5.41) is 6.15. The predicted molar refractivity (Wildman–Crippen MR) is 162 cm³/mol. The number of ether oxygens (including phenoxy) is 4. The van der Waals surface area contributed by atoms with Gasteiger partial charge in [0.2, 0.25) is 5.91 Å². The van der Waals surface area contributed by atoms with Crippen molar-refractivity contribution >= 4 is 39.8 Å². The van der Waals surface area contributed by atoms with Crippen molar-refractivity contribution in [3.8, 4) is 23.0 Å². The molecule has 2 N–H and O–H groups in total. The number of nitrogens with zero attached hydrogens (tertiary/aromatic N) is 2. The number of thiocarbonyl (C=S) groups is 1. The highest BCUT2D eigenvalue weighted by Gasteiger charge is 2.16. The van der Waals surface area contributed by atoms with Crippen LogP contribution in [-0.2, 0) is 16.0 Å². The van der Waals surface area contributed by atoms with Gasteiger partial charge >= 0.3 is 0 Å². The molecule has 0 aliphatic carbocycles. The van der Waals surface area contributed by atoms with Gasteiger partial charge in [0.25, 0.3) is 0 Å². The van der Waals surface area contributed by atoms with E-state index in [-0.39, 0.29) is 23.2 Å². The van der Waals surface area contributed by atoms with Crippen LogP contribution in [0.1, 0.15) is 5.56 Å². The maximum Gasteiger partial charge on any atom is 0.230 e. The summed E-state index contributed by atoms with van der Waals surface area (Å²) in [6.07, 6.45) is 1.77. The maximum atomic E-state index is 15.1. The molecule has 0 atom stereocenters. The fourth-order valence-electron chi connectivity index (χ4n) is 4.49. The van der Waals surface area contributed by atoms with Crippen molar-refractivity contribution in [2.45, 2.75) is 6.42 Å². The van der Waals surface area contributed by atoms with Crippen molar-refractivity contribution in [1.29, 1.82) is 0 Å². The van der Waals surface area contributed by atoms with E-state index < -0.39 is 5.82 Å². The summed E-state index contributed by atoms with van der Waals surface area (Å²) in [7, 11) is 1.56. The Morgan fingerprint density at radius 3 is 2.60 bits per heavy atom. The molecule has 1 aromatic heterocycles. The summed E-state index contributed by atoms with van der Waals surface area (Å²) in [5.41, 5.74) is 1.84. The van der Waals surface area contributed by atoms with Gasteiger partial charge < -0.3 is 29.6 Å². The molecule has 42 heavy (non-hydrogen) atoms. The largest absolute Gasteiger partial charge is 0.493 e. The maximum absolute atomic E-state index is 15.1. The number of benzene rings is 3. The molecule has 4 aromatic rings. The molecule has 0 unspecified atom stereocenters. The van der Waals surface area contributed by atoms with E-state index in [1.807, 2.05) is 30.3 Å². The lowest BCUT2D eigenvalue weighted by Crippen LogP contribution is -2.38. The summed E-state index contributed by atoms with van der Waals surface area (Å²) in [4.78, 5) is 19.0. The molecule has 11 heteroatoms. The van der Waals surface area contributed by atoms with Crippen LogP contribution in [0.25, 0.3) is 10.9 Å². The van der Waals surface area contributed by atoms with E-state index >= 15 is 4.39 Å². The normalized spacial score (nSPS) is 13.4. The summed E-state index contributed by atoms with van der Waals surface area (Å²) in [5.74, 6) is 0.614. The molecule has 2 heterocycles. The number of rotatable bonds is 10. The Morgan fingerprint density at radius 2 is 1.83 bits per heavy atom. The molecule has 5 rings (SSSR count). The van der Waals surface area contributed by atoms with Crippen LogP contribution in [-0.4, -0.2) is 67.5 Å². The third kappa shape index (κ3) is 7.69. The summed E-state index contributed by atoms with van der Waals surface area (Å²) in [6, 6.07) is 18.9. The third-order valence-corrected chi connectivity index (χ3v) is 6.83. The third-order valence-electron chi connectivity index (χ3n) is 6.63. The first-order valence-electron chi connectivity index (χ1n) is 13.5. The number of aromatic nitrogens is 1. The van der Waals surface area contributed by atoms with E-state index in [4.69, 9.17) is 31.2 Å². The highest BCUT2D eigenvalue weighted by Crippen LogP contribution is 2.37. The molecule has 3 aromatic carbocycles. The smallest absolute Gasteiger partial charge is 0.230 e. The Hall–Kier alpha value is -4.32. The van der Waals surface area contributed by atoms with Crippen molar-refractivity contribution in [3.63, 3.8) is 0 Å². The lowest BCUT2D eigenvalue weighted by Gasteiger charge is -2.26. The zero-order chi connectivity index (χ0) is 29.3. The van der Waals surface area contributed by atoms with Gasteiger partial charge in [0.15, 0.2) is 28.2 Å². The highest BCUT2D eigenvalue weighted by atomic mass is 32.1. The minimum absolute atomic E-state index is 0.0110. The van der Waals surface area contributed by atoms with Gasteiger partial charge in [-0.2, -0.15) is 0 Å². The molecule has 1 aliphatic heterocycles. The summed E-state index contributed by atoms with van der Waals surface area (Å²) in [6.45, 7) is 4.48. The number of morpholine rings is 1. The van der Waals surface area contributed by atoms with Crippen molar-refractivity contribution in [3.05, 3.63) is 84.3 Å². The molecule has 0 radical (unpaired) electrons. The number of hydrogen-bond donors (Lipinski definition) is 2. The molecule has 0 spiro atoms. The predicted octanol–water partition coefficient (Wildman–Crippen LogP) is 4.94. The lowest BCUT2D eigenvalue weighted by atomic mass is 10.1. The number of anilines is 1. The van der Waals surface area contributed by atoms with E-state index in [9.17, 15) is 4.79 Å². The number of halogens is 1. The van der Waals surface area contributed by atoms with Crippen LogP contribution in [0.2, 0.25) is 0 Å². The van der Waals surface area contributed by atoms with Crippen LogP contribution < -0.4 is 24.8 Å². The first-order valence-corrected chi connectivity index (χ1v) is 13.9. The Labute approximate surface area is 248 Å². The van der Waals surface area contributed by atoms with E-state index in [1.165, 1.54) is 12.1 Å². The molecule has 1 aliphatic rings. The van der Waals surface area contributed by atoms with E-state index in [0.717, 1.165) is 38.4 Å². The van der Waals surface area contributed by atoms with Crippen LogP contribution in [0, 0.1) is 5.82 Å². The fourth-order valence-corrected chi connectivity index (χ4v) is 4.73. The Balaban J connectivity index is 1.23. The monoisotopic (exact) mass is 590 g/mol. The van der Waals surface area contributed by atoms with Crippen molar-refractivity contribution in [2.75, 3.05) is 51.9 Å². The van der Waals surface area contributed by atoms with Gasteiger partial charge in [-0.1, -0.05) is 30.3 Å². The average molecular weight is 591 g/mol. The second kappa shape index (κ2) is 14.0. The lowest BCUT2D eigenvalue weighted by molar-refractivity contribution is -0.119. The minimum atomic E-state index is -0.613. The zero-order valence-electron chi connectivity index (χ0n) is 23.1. The number of hydrogen-bond acceptors (Lipinski definition) is 8. The van der Waals surface area contributed by atoms with Gasteiger partial charge in [-0.25, -0.2) is 4.39 Å². The standard InChI is InChI=1S/C31H31FN4O5S/c1-38-28-19-23-25(20-29(28)40-16-13-36-11-14-39-15-12-36)33-10-9-26(23)41-27-8-7-22(18-24(27)32)34-31(42)35-30(37)17-21-5-3-2-4-6-21/h2-10,18-20H,11-17H2,1H3,(H2,34,35,37,42). The highest BCUT2D eigenvalue weighted by molar-refractivity contribution is 7.80. The molecule has 0 bridgehead atoms. The molecular weight excluding hydrogens is 559 g/mol. The second-order valence-electron chi connectivity index (χ2n) is 9.54. The molecular formula is C31H31FN4O5S. The molecule has 9 nitrogen and oxygen atoms in total. The van der Waals surface area contributed by atoms with Gasteiger partial charge in [0.1, 0.15) is 12.4 Å². The van der Waals surface area contributed by atoms with E-state index in [2.05, 4.69) is 20.5 Å². The first kappa shape index (κ1) is 29.2. The number of pyridine rings is 1. The van der Waals surface area contributed by atoms with E-state index in [0.29, 0.717) is 40.4 Å². The van der Waals surface area contributed by atoms with Crippen LogP contribution in [0.5, 0.6) is 23.0 Å². The Morgan fingerprint density at radius 1 is 1.02 bits per heavy atom. The number of fused-ring (bicyclic) bond motifs is 1. The van der Waals surface area contributed by atoms with Crippen molar-refractivity contribution < 1.29 is 28.1 Å². The van der Waals surface area contributed by atoms with Crippen LogP contribution in [0.4, 0.5) is 10.1 Å². The van der Waals surface area contributed by atoms with Crippen LogP contribution >= 0.6 is 12.2 Å². The van der Waals surface area contributed by atoms with Gasteiger partial charge in [0, 0.05) is 49.0 Å². The SMILES string of the molecule is COc1cc2c(Oc3ccc(NC(=S)NC(=O)Cc4ccccc4)cc3F)ccnc2cc1OCCN1CCOCC1. The molecule has 218 valence electrons. The average Bonchev–Trinajstić information content (AvgIpc) is 2.99. The van der Waals surface area contributed by atoms with Gasteiger partial charge in [0.05, 0.1) is 32.3 Å². The molecule has 1 fully saturated rings. The first-order chi connectivity index (χ1) is 20.5. The van der Waals surface area contributed by atoms with Gasteiger partial charge in [-0.15, -0.1) is 0 Å². The fraction of sp³-hybridized carbons (Fsp3) is 0.258. The quantitative estimate of drug-likeness (QED) is 0.249. The number of amides is 1. The van der Waals surface area contributed by atoms with Gasteiger partial charge in [-0.3, -0.25) is 14.7 Å². The van der Waals surface area contributed by atoms with Crippen molar-refractivity contribution in [1.82, 2.24) is 15.2 Å². The minimum Gasteiger partial charge on any atom is -0.493 e. The number of carbonyl (C=O) groups is 1. The molecule has 1 amide bonds. The summed E-state index contributed by atoms with van der Waals surface area (Å²) < 4.78 is 38.0. The number of methoxy groups -OCH3 is 1. The van der Waals surface area contributed by atoms with Crippen LogP contribution in [0.15, 0.2) is 72.9 Å². The van der Waals surface area contributed by atoms with Crippen LogP contribution in [0.3, 0.4) is 0 Å². The Kier molecular flexibility index (Phi) is 9.75. The topological polar surface area (TPSA) is 94.2 Å². The van der Waals surface area contributed by atoms with E-state index in [1.54, 1.807) is 37.6 Å². The van der Waals surface area contributed by atoms with Gasteiger partial charge in [-0.05, 0) is 42.0 Å². The van der Waals surface area contributed by atoms with Crippen molar-refractivity contribution in [2.24, 2.45) is 0 Å². The Bertz CT molecular complexity index is 1550. The molecule has 0 saturated carbocycles. The second-order valence-corrected chi connectivity index (χ2v) is 9.95. The summed E-state index contributed by atoms with van der Waals surface area (Å²) >= 11 is 5.22. The number of carbonyl (C=O) groups excluding carboxylic acids is 1.